The molecule has 3 aromatic rings. The Morgan fingerprint density at radius 3 is 2.73 bits per heavy atom. The molecule has 1 N–H and O–H groups in total. The maximum absolute atomic E-state index is 13.6. The minimum atomic E-state index is -0.491. The molecule has 0 radical (unpaired) electrons. The van der Waals surface area contributed by atoms with E-state index in [1.165, 1.54) is 0 Å². The number of aromatic nitrogens is 1. The van der Waals surface area contributed by atoms with Gasteiger partial charge in [-0.3, -0.25) is 9.59 Å². The van der Waals surface area contributed by atoms with E-state index in [1.807, 2.05) is 36.9 Å². The molecule has 2 aliphatic heterocycles. The van der Waals surface area contributed by atoms with Crippen LogP contribution in [0.5, 0.6) is 0 Å². The van der Waals surface area contributed by atoms with Crippen molar-refractivity contribution < 1.29 is 14.3 Å². The summed E-state index contributed by atoms with van der Waals surface area (Å²) in [5.41, 5.74) is 5.38. The minimum absolute atomic E-state index is 0.000176. The lowest BCUT2D eigenvalue weighted by Gasteiger charge is -2.47. The number of aromatic amines is 1. The number of nitrogens with one attached hydrogen (secondary N) is 1. The molecule has 6 heteroatoms. The normalized spacial score (nSPS) is 20.5. The molecule has 2 atom stereocenters. The first kappa shape index (κ1) is 21.7. The maximum Gasteiger partial charge on any atom is 0.246 e. The summed E-state index contributed by atoms with van der Waals surface area (Å²) in [6, 6.07) is 15.7. The Bertz CT molecular complexity index is 1200. The van der Waals surface area contributed by atoms with Crippen LogP contribution in [0.15, 0.2) is 48.5 Å². The van der Waals surface area contributed by atoms with Crippen LogP contribution in [0.25, 0.3) is 10.9 Å². The third-order valence-electron chi connectivity index (χ3n) is 6.72. The number of aryl methyl sites for hydroxylation is 1. The summed E-state index contributed by atoms with van der Waals surface area (Å²) in [7, 11) is 0. The predicted molar refractivity (Wildman–Crippen MR) is 128 cm³/mol. The number of carbonyl (C=O) groups is 2. The van der Waals surface area contributed by atoms with Crippen molar-refractivity contribution in [1.82, 2.24) is 14.8 Å². The summed E-state index contributed by atoms with van der Waals surface area (Å²) >= 11 is 0. The van der Waals surface area contributed by atoms with Gasteiger partial charge in [-0.1, -0.05) is 48.0 Å². The highest BCUT2D eigenvalue weighted by molar-refractivity contribution is 5.97. The number of benzene rings is 2. The lowest BCUT2D eigenvalue weighted by molar-refractivity contribution is -0.158. The third kappa shape index (κ3) is 3.93. The van der Waals surface area contributed by atoms with Crippen molar-refractivity contribution in [2.45, 2.75) is 51.8 Å². The first-order valence-corrected chi connectivity index (χ1v) is 11.8. The zero-order valence-corrected chi connectivity index (χ0v) is 19.5. The smallest absolute Gasteiger partial charge is 0.246 e. The summed E-state index contributed by atoms with van der Waals surface area (Å²) in [6.45, 7) is 7.30. The number of hydrogen-bond acceptors (Lipinski definition) is 3. The highest BCUT2D eigenvalue weighted by atomic mass is 16.5. The van der Waals surface area contributed by atoms with E-state index in [0.717, 1.165) is 39.7 Å². The van der Waals surface area contributed by atoms with Crippen molar-refractivity contribution in [1.29, 1.82) is 0 Å². The van der Waals surface area contributed by atoms with Crippen LogP contribution in [0.3, 0.4) is 0 Å². The minimum Gasteiger partial charge on any atom is -0.379 e. The van der Waals surface area contributed by atoms with Crippen LogP contribution in [0.2, 0.25) is 0 Å². The summed E-state index contributed by atoms with van der Waals surface area (Å²) in [4.78, 5) is 34.3. The number of hydrogen-bond donors (Lipinski definition) is 1. The molecule has 172 valence electrons. The molecular formula is C27H31N3O3. The summed E-state index contributed by atoms with van der Waals surface area (Å²) in [5, 5.41) is 1.13. The largest absolute Gasteiger partial charge is 0.379 e. The number of fused-ring (bicyclic) bond motifs is 4. The fraction of sp³-hybridized carbons (Fsp3) is 0.407. The van der Waals surface area contributed by atoms with Crippen LogP contribution < -0.4 is 0 Å². The van der Waals surface area contributed by atoms with Gasteiger partial charge in [0.1, 0.15) is 6.04 Å². The molecule has 33 heavy (non-hydrogen) atoms. The fourth-order valence-corrected chi connectivity index (χ4v) is 5.27. The summed E-state index contributed by atoms with van der Waals surface area (Å²) < 4.78 is 5.63. The first-order valence-electron chi connectivity index (χ1n) is 11.8. The van der Waals surface area contributed by atoms with E-state index in [9.17, 15) is 9.59 Å². The van der Waals surface area contributed by atoms with Gasteiger partial charge in [-0.05, 0) is 44.4 Å². The van der Waals surface area contributed by atoms with Gasteiger partial charge in [0, 0.05) is 36.2 Å². The number of rotatable bonds is 6. The van der Waals surface area contributed by atoms with Crippen LogP contribution in [0.1, 0.15) is 48.7 Å². The van der Waals surface area contributed by atoms with Crippen LogP contribution in [0, 0.1) is 6.92 Å². The highest BCUT2D eigenvalue weighted by Crippen LogP contribution is 2.42. The molecule has 2 unspecified atom stereocenters. The second-order valence-corrected chi connectivity index (χ2v) is 9.43. The fourth-order valence-electron chi connectivity index (χ4n) is 5.27. The number of nitrogens with zero attached hydrogens (tertiary/aromatic N) is 2. The monoisotopic (exact) mass is 445 g/mol. The van der Waals surface area contributed by atoms with Crippen molar-refractivity contribution in [3.8, 4) is 0 Å². The average molecular weight is 446 g/mol. The number of H-pyrrole nitrogens is 1. The summed E-state index contributed by atoms with van der Waals surface area (Å²) in [6.07, 6.45) is 1.42. The molecule has 2 aromatic carbocycles. The molecule has 0 aliphatic carbocycles. The van der Waals surface area contributed by atoms with E-state index < -0.39 is 6.04 Å². The number of ether oxygens (including phenoxy) is 1. The number of piperazine rings is 1. The van der Waals surface area contributed by atoms with Crippen molar-refractivity contribution in [3.05, 3.63) is 70.9 Å². The Balaban J connectivity index is 1.53. The quantitative estimate of drug-likeness (QED) is 0.584. The van der Waals surface area contributed by atoms with E-state index in [0.29, 0.717) is 19.6 Å². The second kappa shape index (κ2) is 8.67. The van der Waals surface area contributed by atoms with Crippen LogP contribution >= 0.6 is 0 Å². The zero-order valence-electron chi connectivity index (χ0n) is 19.5. The maximum atomic E-state index is 13.6. The molecule has 1 aromatic heterocycles. The SMILES string of the molecule is Cc1cccc(C2c3[nH]c4ccccc4c3CC3C(=O)N(CCCOC(C)C)CC(=O)N32)c1. The molecule has 1 fully saturated rings. The molecule has 5 rings (SSSR count). The third-order valence-corrected chi connectivity index (χ3v) is 6.72. The van der Waals surface area contributed by atoms with Gasteiger partial charge >= 0.3 is 0 Å². The lowest BCUT2D eigenvalue weighted by atomic mass is 9.86. The Morgan fingerprint density at radius 2 is 1.94 bits per heavy atom. The van der Waals surface area contributed by atoms with Crippen LogP contribution in [-0.2, 0) is 20.7 Å². The predicted octanol–water partition coefficient (Wildman–Crippen LogP) is 3.98. The van der Waals surface area contributed by atoms with Gasteiger partial charge in [-0.2, -0.15) is 0 Å². The van der Waals surface area contributed by atoms with Gasteiger partial charge in [-0.15, -0.1) is 0 Å². The van der Waals surface area contributed by atoms with Gasteiger partial charge in [0.2, 0.25) is 11.8 Å². The first-order chi connectivity index (χ1) is 15.9. The molecule has 2 amide bonds. The lowest BCUT2D eigenvalue weighted by Crippen LogP contribution is -2.63. The van der Waals surface area contributed by atoms with Gasteiger partial charge in [-0.25, -0.2) is 0 Å². The van der Waals surface area contributed by atoms with Gasteiger partial charge < -0.3 is 19.5 Å². The number of para-hydroxylation sites is 1. The average Bonchev–Trinajstić information content (AvgIpc) is 3.16. The van der Waals surface area contributed by atoms with E-state index >= 15 is 0 Å². The number of amides is 2. The standard InChI is InChI=1S/C27H31N3O3/c1-17(2)33-13-7-12-29-16-24(31)30-23(27(29)32)15-21-20-10-4-5-11-22(20)28-25(21)26(30)19-9-6-8-18(3)14-19/h4-6,8-11,14,17,23,26,28H,7,12-13,15-16H2,1-3H3. The van der Waals surface area contributed by atoms with E-state index in [4.69, 9.17) is 4.74 Å². The van der Waals surface area contributed by atoms with Crippen molar-refractivity contribution in [2.75, 3.05) is 19.7 Å². The zero-order chi connectivity index (χ0) is 23.1. The summed E-state index contributed by atoms with van der Waals surface area (Å²) in [5.74, 6) is 0.0351. The van der Waals surface area contributed by atoms with Crippen LogP contribution in [-0.4, -0.2) is 58.4 Å². The van der Waals surface area contributed by atoms with Gasteiger partial charge in [0.15, 0.2) is 0 Å². The molecule has 1 saturated heterocycles. The molecule has 3 heterocycles. The Morgan fingerprint density at radius 1 is 1.12 bits per heavy atom. The number of carbonyl (C=O) groups excluding carboxylic acids is 2. The highest BCUT2D eigenvalue weighted by Gasteiger charge is 2.48. The van der Waals surface area contributed by atoms with E-state index in [1.54, 1.807) is 4.90 Å². The molecule has 0 saturated carbocycles. The Hall–Kier alpha value is -3.12. The molecular weight excluding hydrogens is 414 g/mol. The second-order valence-electron chi connectivity index (χ2n) is 9.43. The topological polar surface area (TPSA) is 65.6 Å². The van der Waals surface area contributed by atoms with Crippen molar-refractivity contribution in [3.63, 3.8) is 0 Å². The Kier molecular flexibility index (Phi) is 5.71. The molecule has 2 aliphatic rings. The van der Waals surface area contributed by atoms with Crippen LogP contribution in [0.4, 0.5) is 0 Å². The molecule has 6 nitrogen and oxygen atoms in total. The van der Waals surface area contributed by atoms with Gasteiger partial charge in [0.25, 0.3) is 0 Å². The molecule has 0 spiro atoms. The Labute approximate surface area is 194 Å². The van der Waals surface area contributed by atoms with Crippen molar-refractivity contribution in [2.24, 2.45) is 0 Å². The van der Waals surface area contributed by atoms with E-state index in [-0.39, 0.29) is 30.5 Å². The van der Waals surface area contributed by atoms with Crippen molar-refractivity contribution >= 4 is 22.7 Å². The van der Waals surface area contributed by atoms with E-state index in [2.05, 4.69) is 42.2 Å². The molecule has 0 bridgehead atoms. The van der Waals surface area contributed by atoms with Gasteiger partial charge in [0.05, 0.1) is 18.7 Å².